The maximum atomic E-state index is 11.2. The normalized spacial score (nSPS) is 10.4. The molecule has 76 valence electrons. The van der Waals surface area contributed by atoms with Gasteiger partial charge in [0, 0.05) is 0 Å². The van der Waals surface area contributed by atoms with E-state index in [1.165, 1.54) is 12.1 Å². The van der Waals surface area contributed by atoms with Gasteiger partial charge in [0.15, 0.2) is 0 Å². The molecule has 2 rings (SSSR count). The average Bonchev–Trinajstić information content (AvgIpc) is 2.23. The Hall–Kier alpha value is -2.37. The Morgan fingerprint density at radius 1 is 1.33 bits per heavy atom. The Morgan fingerprint density at radius 2 is 2.00 bits per heavy atom. The Kier molecular flexibility index (Phi) is 1.89. The first kappa shape index (κ1) is 9.20. The molecular formula is C9H6N2O4. The number of aromatic nitrogens is 1. The van der Waals surface area contributed by atoms with Gasteiger partial charge < -0.3 is 5.21 Å². The van der Waals surface area contributed by atoms with Crippen molar-refractivity contribution in [2.75, 3.05) is 0 Å². The highest BCUT2D eigenvalue weighted by Gasteiger charge is 2.15. The van der Waals surface area contributed by atoms with E-state index in [2.05, 4.69) is 0 Å². The number of hydrogen-bond donors (Lipinski definition) is 1. The molecule has 0 fully saturated rings. The summed E-state index contributed by atoms with van der Waals surface area (Å²) < 4.78 is 0.391. The van der Waals surface area contributed by atoms with E-state index >= 15 is 0 Å². The van der Waals surface area contributed by atoms with Crippen molar-refractivity contribution in [3.8, 4) is 0 Å². The van der Waals surface area contributed by atoms with Gasteiger partial charge in [-0.05, 0) is 12.1 Å². The maximum Gasteiger partial charge on any atom is 0.290 e. The van der Waals surface area contributed by atoms with Crippen LogP contribution in [-0.4, -0.2) is 14.9 Å². The topological polar surface area (TPSA) is 85.4 Å². The van der Waals surface area contributed by atoms with Crippen LogP contribution in [0.4, 0.5) is 5.69 Å². The fourth-order valence-electron chi connectivity index (χ4n) is 1.40. The van der Waals surface area contributed by atoms with Crippen molar-refractivity contribution in [1.82, 2.24) is 4.73 Å². The lowest BCUT2D eigenvalue weighted by atomic mass is 10.2. The molecule has 0 spiro atoms. The van der Waals surface area contributed by atoms with Gasteiger partial charge in [-0.25, -0.2) is 0 Å². The van der Waals surface area contributed by atoms with Crippen LogP contribution in [0, 0.1) is 10.1 Å². The number of benzene rings is 1. The van der Waals surface area contributed by atoms with Crippen molar-refractivity contribution in [1.29, 1.82) is 0 Å². The van der Waals surface area contributed by atoms with Crippen LogP contribution < -0.4 is 5.56 Å². The van der Waals surface area contributed by atoms with E-state index in [1.807, 2.05) is 0 Å². The number of pyridine rings is 1. The van der Waals surface area contributed by atoms with E-state index in [-0.39, 0.29) is 16.6 Å². The van der Waals surface area contributed by atoms with E-state index < -0.39 is 10.5 Å². The van der Waals surface area contributed by atoms with E-state index in [0.29, 0.717) is 4.73 Å². The van der Waals surface area contributed by atoms with Crippen LogP contribution in [0.25, 0.3) is 10.9 Å². The van der Waals surface area contributed by atoms with E-state index in [9.17, 15) is 20.1 Å². The van der Waals surface area contributed by atoms with Gasteiger partial charge in [0.2, 0.25) is 0 Å². The molecule has 1 heterocycles. The van der Waals surface area contributed by atoms with Crippen LogP contribution in [-0.2, 0) is 0 Å². The van der Waals surface area contributed by atoms with Gasteiger partial charge in [-0.1, -0.05) is 12.1 Å². The number of rotatable bonds is 1. The molecule has 6 nitrogen and oxygen atoms in total. The zero-order chi connectivity index (χ0) is 11.0. The summed E-state index contributed by atoms with van der Waals surface area (Å²) in [5, 5.41) is 20.2. The summed E-state index contributed by atoms with van der Waals surface area (Å²) in [6.45, 7) is 0. The summed E-state index contributed by atoms with van der Waals surface area (Å²) >= 11 is 0. The number of fused-ring (bicyclic) bond motifs is 1. The van der Waals surface area contributed by atoms with Crippen molar-refractivity contribution in [3.05, 3.63) is 50.8 Å². The molecule has 1 aromatic carbocycles. The van der Waals surface area contributed by atoms with Crippen molar-refractivity contribution < 1.29 is 10.1 Å². The molecule has 1 N–H and O–H groups in total. The fourth-order valence-corrected chi connectivity index (χ4v) is 1.40. The molecule has 2 aromatic rings. The smallest absolute Gasteiger partial charge is 0.290 e. The Bertz CT molecular complexity index is 603. The molecule has 0 atom stereocenters. The minimum Gasteiger partial charge on any atom is -0.425 e. The first-order valence-corrected chi connectivity index (χ1v) is 4.09. The maximum absolute atomic E-state index is 11.2. The van der Waals surface area contributed by atoms with Gasteiger partial charge in [0.05, 0.1) is 21.9 Å². The van der Waals surface area contributed by atoms with Crippen molar-refractivity contribution in [2.45, 2.75) is 0 Å². The third-order valence-electron chi connectivity index (χ3n) is 2.07. The van der Waals surface area contributed by atoms with Gasteiger partial charge in [-0.15, -0.1) is 4.73 Å². The van der Waals surface area contributed by atoms with Gasteiger partial charge >= 0.3 is 0 Å². The molecule has 0 radical (unpaired) electrons. The van der Waals surface area contributed by atoms with Crippen LogP contribution in [0.15, 0.2) is 35.1 Å². The zero-order valence-electron chi connectivity index (χ0n) is 7.45. The first-order chi connectivity index (χ1) is 7.11. The summed E-state index contributed by atoms with van der Waals surface area (Å²) in [5.41, 5.74) is -1.00. The largest absolute Gasteiger partial charge is 0.425 e. The highest BCUT2D eigenvalue weighted by molar-refractivity contribution is 5.87. The predicted octanol–water partition coefficient (Wildman–Crippen LogP) is 1.15. The Balaban J connectivity index is 3.01. The first-order valence-electron chi connectivity index (χ1n) is 4.09. The van der Waals surface area contributed by atoms with Crippen LogP contribution in [0.1, 0.15) is 0 Å². The van der Waals surface area contributed by atoms with Crippen LogP contribution in [0.5, 0.6) is 0 Å². The monoisotopic (exact) mass is 206 g/mol. The molecule has 0 bridgehead atoms. The molecule has 6 heteroatoms. The molecule has 0 aliphatic heterocycles. The van der Waals surface area contributed by atoms with Crippen molar-refractivity contribution >= 4 is 16.6 Å². The molecule has 0 saturated carbocycles. The van der Waals surface area contributed by atoms with Gasteiger partial charge in [0.25, 0.3) is 11.2 Å². The Labute approximate surface area is 83.1 Å². The van der Waals surface area contributed by atoms with Gasteiger partial charge in [0.1, 0.15) is 0 Å². The molecule has 1 aromatic heterocycles. The second kappa shape index (κ2) is 3.09. The lowest BCUT2D eigenvalue weighted by Gasteiger charge is -2.02. The van der Waals surface area contributed by atoms with Crippen LogP contribution >= 0.6 is 0 Å². The Morgan fingerprint density at radius 3 is 2.67 bits per heavy atom. The van der Waals surface area contributed by atoms with Gasteiger partial charge in [-0.2, -0.15) is 0 Å². The highest BCUT2D eigenvalue weighted by Crippen LogP contribution is 2.22. The second-order valence-corrected chi connectivity index (χ2v) is 2.95. The van der Waals surface area contributed by atoms with Crippen molar-refractivity contribution in [3.63, 3.8) is 0 Å². The molecule has 15 heavy (non-hydrogen) atoms. The number of para-hydroxylation sites is 1. The summed E-state index contributed by atoms with van der Waals surface area (Å²) in [5.74, 6) is 0. The summed E-state index contributed by atoms with van der Waals surface area (Å²) in [7, 11) is 0. The minimum atomic E-state index is -0.819. The summed E-state index contributed by atoms with van der Waals surface area (Å²) in [6, 6.07) is 6.88. The average molecular weight is 206 g/mol. The minimum absolute atomic E-state index is 0.122. The third kappa shape index (κ3) is 1.32. The second-order valence-electron chi connectivity index (χ2n) is 2.95. The summed E-state index contributed by atoms with van der Waals surface area (Å²) in [6.07, 6.45) is 0. The van der Waals surface area contributed by atoms with Crippen LogP contribution in [0.3, 0.4) is 0 Å². The molecule has 0 aliphatic rings. The standard InChI is InChI=1S/C9H6N2O4/c12-9-5-8(11(14)15)6-3-1-2-4-7(6)10(9)13/h1-5,13H. The van der Waals surface area contributed by atoms with E-state index in [1.54, 1.807) is 12.1 Å². The van der Waals surface area contributed by atoms with E-state index in [4.69, 9.17) is 0 Å². The van der Waals surface area contributed by atoms with Crippen molar-refractivity contribution in [2.24, 2.45) is 0 Å². The number of nitro groups is 1. The summed E-state index contributed by atoms with van der Waals surface area (Å²) in [4.78, 5) is 21.2. The number of nitrogens with zero attached hydrogens (tertiary/aromatic N) is 2. The fraction of sp³-hybridized carbons (Fsp3) is 0. The number of hydrogen-bond acceptors (Lipinski definition) is 4. The highest BCUT2D eigenvalue weighted by atomic mass is 16.6. The molecule has 0 saturated heterocycles. The molecular weight excluding hydrogens is 200 g/mol. The quantitative estimate of drug-likeness (QED) is 0.430. The third-order valence-corrected chi connectivity index (χ3v) is 2.07. The predicted molar refractivity (Wildman–Crippen MR) is 52.0 cm³/mol. The lowest BCUT2D eigenvalue weighted by Crippen LogP contribution is -2.17. The molecule has 0 amide bonds. The SMILES string of the molecule is O=c1cc([N+](=O)[O-])c2ccccc2n1O. The molecule has 0 aliphatic carbocycles. The zero-order valence-corrected chi connectivity index (χ0v) is 7.45. The van der Waals surface area contributed by atoms with Gasteiger partial charge in [-0.3, -0.25) is 14.9 Å². The molecule has 0 unspecified atom stereocenters. The lowest BCUT2D eigenvalue weighted by molar-refractivity contribution is -0.383. The van der Waals surface area contributed by atoms with E-state index in [0.717, 1.165) is 6.07 Å². The van der Waals surface area contributed by atoms with Crippen LogP contribution in [0.2, 0.25) is 0 Å².